The number of aryl methyl sites for hydroxylation is 1. The van der Waals surface area contributed by atoms with E-state index in [2.05, 4.69) is 57.1 Å². The maximum atomic E-state index is 4.38. The average Bonchev–Trinajstić information content (AvgIpc) is 2.28. The molecule has 1 nitrogen and oxygen atoms in total. The highest BCUT2D eigenvalue weighted by molar-refractivity contribution is 7.80. The molecule has 0 aliphatic carbocycles. The summed E-state index contributed by atoms with van der Waals surface area (Å²) >= 11 is 4.38. The monoisotopic (exact) mass is 235 g/mol. The first-order valence-electron chi connectivity index (χ1n) is 5.76. The first-order chi connectivity index (χ1) is 7.56. The Kier molecular flexibility index (Phi) is 4.94. The van der Waals surface area contributed by atoms with Gasteiger partial charge in [-0.3, -0.25) is 0 Å². The minimum absolute atomic E-state index is 0.991. The molecule has 1 rings (SSSR count). The lowest BCUT2D eigenvalue weighted by Gasteiger charge is -2.23. The molecule has 0 heterocycles. The fourth-order valence-electron chi connectivity index (χ4n) is 1.66. The van der Waals surface area contributed by atoms with Crippen LogP contribution in [0.2, 0.25) is 0 Å². The minimum Gasteiger partial charge on any atom is -0.375 e. The van der Waals surface area contributed by atoms with Gasteiger partial charge in [0.2, 0.25) is 0 Å². The van der Waals surface area contributed by atoms with Gasteiger partial charge in [0.15, 0.2) is 0 Å². The second-order valence-corrected chi connectivity index (χ2v) is 4.74. The second-order valence-electron chi connectivity index (χ2n) is 4.22. The summed E-state index contributed by atoms with van der Waals surface area (Å²) in [5.41, 5.74) is 3.54. The van der Waals surface area contributed by atoms with E-state index >= 15 is 0 Å². The van der Waals surface area contributed by atoms with Crippen LogP contribution in [-0.4, -0.2) is 18.5 Å². The maximum absolute atomic E-state index is 4.38. The third-order valence-corrected chi connectivity index (χ3v) is 3.12. The summed E-state index contributed by atoms with van der Waals surface area (Å²) < 4.78 is 0. The molecule has 1 aromatic rings. The smallest absolute Gasteiger partial charge is 0.0367 e. The van der Waals surface area contributed by atoms with Gasteiger partial charge < -0.3 is 4.90 Å². The van der Waals surface area contributed by atoms with Crippen LogP contribution in [0.5, 0.6) is 0 Å². The van der Waals surface area contributed by atoms with Gasteiger partial charge in [-0.05, 0) is 31.0 Å². The summed E-state index contributed by atoms with van der Waals surface area (Å²) in [6, 6.07) is 6.20. The molecule has 16 heavy (non-hydrogen) atoms. The molecule has 0 radical (unpaired) electrons. The normalized spacial score (nSPS) is 10.2. The third kappa shape index (κ3) is 3.31. The Bertz CT molecular complexity index is 371. The summed E-state index contributed by atoms with van der Waals surface area (Å²) in [4.78, 5) is 3.21. The molecule has 0 aliphatic heterocycles. The van der Waals surface area contributed by atoms with Crippen molar-refractivity contribution in [3.05, 3.63) is 35.9 Å². The van der Waals surface area contributed by atoms with E-state index in [4.69, 9.17) is 0 Å². The molecule has 88 valence electrons. The van der Waals surface area contributed by atoms with E-state index in [0.717, 1.165) is 17.1 Å². The van der Waals surface area contributed by atoms with Crippen molar-refractivity contribution in [3.8, 4) is 0 Å². The van der Waals surface area contributed by atoms with Gasteiger partial charge in [-0.15, -0.1) is 12.6 Å². The van der Waals surface area contributed by atoms with Crippen LogP contribution in [0.4, 0.5) is 0 Å². The Balaban J connectivity index is 2.83. The van der Waals surface area contributed by atoms with Crippen LogP contribution in [0.3, 0.4) is 0 Å². The SMILES string of the molecule is C=C(c1cc(S)ccc1C)N(C)CCCC. The van der Waals surface area contributed by atoms with E-state index in [9.17, 15) is 0 Å². The zero-order valence-corrected chi connectivity index (χ0v) is 11.3. The van der Waals surface area contributed by atoms with Crippen molar-refractivity contribution in [3.63, 3.8) is 0 Å². The fraction of sp³-hybridized carbons (Fsp3) is 0.429. The van der Waals surface area contributed by atoms with Crippen LogP contribution in [0.1, 0.15) is 30.9 Å². The fourth-order valence-corrected chi connectivity index (χ4v) is 1.86. The van der Waals surface area contributed by atoms with Crippen LogP contribution < -0.4 is 0 Å². The predicted octanol–water partition coefficient (Wildman–Crippen LogP) is 3.99. The number of thiol groups is 1. The van der Waals surface area contributed by atoms with Crippen molar-refractivity contribution < 1.29 is 0 Å². The molecule has 0 N–H and O–H groups in total. The molecule has 0 amide bonds. The molecule has 0 saturated carbocycles. The van der Waals surface area contributed by atoms with E-state index in [0.29, 0.717) is 0 Å². The summed E-state index contributed by atoms with van der Waals surface area (Å²) in [6.45, 7) is 9.55. The highest BCUT2D eigenvalue weighted by atomic mass is 32.1. The molecule has 0 aromatic heterocycles. The van der Waals surface area contributed by atoms with E-state index in [1.54, 1.807) is 0 Å². The van der Waals surface area contributed by atoms with Crippen molar-refractivity contribution in [2.45, 2.75) is 31.6 Å². The minimum atomic E-state index is 0.991. The van der Waals surface area contributed by atoms with Crippen LogP contribution in [0, 0.1) is 6.92 Å². The quantitative estimate of drug-likeness (QED) is 0.755. The zero-order chi connectivity index (χ0) is 12.1. The van der Waals surface area contributed by atoms with Crippen LogP contribution in [-0.2, 0) is 0 Å². The molecule has 0 fully saturated rings. The topological polar surface area (TPSA) is 3.24 Å². The second kappa shape index (κ2) is 6.00. The summed E-state index contributed by atoms with van der Waals surface area (Å²) in [6.07, 6.45) is 2.42. The number of hydrogen-bond acceptors (Lipinski definition) is 2. The highest BCUT2D eigenvalue weighted by Gasteiger charge is 2.07. The molecule has 0 spiro atoms. The van der Waals surface area contributed by atoms with E-state index in [-0.39, 0.29) is 0 Å². The van der Waals surface area contributed by atoms with Gasteiger partial charge in [0.1, 0.15) is 0 Å². The number of unbranched alkanes of at least 4 members (excludes halogenated alkanes) is 1. The third-order valence-electron chi connectivity index (χ3n) is 2.84. The van der Waals surface area contributed by atoms with Gasteiger partial charge >= 0.3 is 0 Å². The Morgan fingerprint density at radius 2 is 2.12 bits per heavy atom. The first-order valence-corrected chi connectivity index (χ1v) is 6.21. The predicted molar refractivity (Wildman–Crippen MR) is 75.0 cm³/mol. The Hall–Kier alpha value is -0.890. The van der Waals surface area contributed by atoms with Gasteiger partial charge in [-0.1, -0.05) is 26.0 Å². The van der Waals surface area contributed by atoms with E-state index < -0.39 is 0 Å². The largest absolute Gasteiger partial charge is 0.375 e. The molecule has 0 atom stereocenters. The molecule has 0 saturated heterocycles. The Morgan fingerprint density at radius 3 is 2.75 bits per heavy atom. The maximum Gasteiger partial charge on any atom is 0.0367 e. The standard InChI is InChI=1S/C14H21NS/c1-5-6-9-15(4)12(3)14-10-13(16)8-7-11(14)2/h7-8,10,16H,3,5-6,9H2,1-2,4H3. The Morgan fingerprint density at radius 1 is 1.44 bits per heavy atom. The lowest BCUT2D eigenvalue weighted by atomic mass is 10.1. The van der Waals surface area contributed by atoms with E-state index in [1.165, 1.54) is 24.0 Å². The average molecular weight is 235 g/mol. The molecule has 2 heteroatoms. The van der Waals surface area contributed by atoms with Crippen molar-refractivity contribution in [2.24, 2.45) is 0 Å². The van der Waals surface area contributed by atoms with Gasteiger partial charge in [0, 0.05) is 29.7 Å². The molecule has 1 aromatic carbocycles. The van der Waals surface area contributed by atoms with Crippen molar-refractivity contribution in [2.75, 3.05) is 13.6 Å². The molecular weight excluding hydrogens is 214 g/mol. The first kappa shape index (κ1) is 13.2. The zero-order valence-electron chi connectivity index (χ0n) is 10.5. The summed E-state index contributed by atoms with van der Waals surface area (Å²) in [7, 11) is 2.10. The van der Waals surface area contributed by atoms with Gasteiger partial charge in [0.05, 0.1) is 0 Å². The van der Waals surface area contributed by atoms with Crippen LogP contribution in [0.15, 0.2) is 29.7 Å². The highest BCUT2D eigenvalue weighted by Crippen LogP contribution is 2.23. The van der Waals surface area contributed by atoms with Crippen molar-refractivity contribution in [1.29, 1.82) is 0 Å². The summed E-state index contributed by atoms with van der Waals surface area (Å²) in [5, 5.41) is 0. The lowest BCUT2D eigenvalue weighted by Crippen LogP contribution is -2.17. The molecule has 0 bridgehead atoms. The number of nitrogens with zero attached hydrogens (tertiary/aromatic N) is 1. The number of rotatable bonds is 5. The number of benzene rings is 1. The van der Waals surface area contributed by atoms with E-state index in [1.807, 2.05) is 6.07 Å². The lowest BCUT2D eigenvalue weighted by molar-refractivity contribution is 0.463. The summed E-state index contributed by atoms with van der Waals surface area (Å²) in [5.74, 6) is 0. The molecule has 0 aliphatic rings. The molecule has 0 unspecified atom stereocenters. The number of hydrogen-bond donors (Lipinski definition) is 1. The van der Waals surface area contributed by atoms with Crippen LogP contribution >= 0.6 is 12.6 Å². The van der Waals surface area contributed by atoms with Crippen LogP contribution in [0.25, 0.3) is 5.70 Å². The van der Waals surface area contributed by atoms with Gasteiger partial charge in [-0.2, -0.15) is 0 Å². The Labute approximate surface area is 105 Å². The van der Waals surface area contributed by atoms with Crippen molar-refractivity contribution >= 4 is 18.3 Å². The van der Waals surface area contributed by atoms with Gasteiger partial charge in [0.25, 0.3) is 0 Å². The van der Waals surface area contributed by atoms with Gasteiger partial charge in [-0.25, -0.2) is 0 Å². The molecular formula is C14H21NS. The van der Waals surface area contributed by atoms with Crippen molar-refractivity contribution in [1.82, 2.24) is 4.90 Å².